The second kappa shape index (κ2) is 10.4. The van der Waals surface area contributed by atoms with Gasteiger partial charge in [0.1, 0.15) is 0 Å². The van der Waals surface area contributed by atoms with E-state index in [2.05, 4.69) is 36.5 Å². The Balaban J connectivity index is 1.92. The molecule has 0 atom stereocenters. The molecule has 0 unspecified atom stereocenters. The van der Waals surface area contributed by atoms with E-state index in [0.29, 0.717) is 0 Å². The van der Waals surface area contributed by atoms with Crippen molar-refractivity contribution in [2.75, 3.05) is 32.6 Å². The topological polar surface area (TPSA) is 21.3 Å². The van der Waals surface area contributed by atoms with E-state index in [1.54, 1.807) is 7.11 Å². The monoisotopic (exact) mass is 267 g/mol. The Morgan fingerprint density at radius 1 is 1.22 bits per heavy atom. The fraction of sp³-hybridized carbons (Fsp3) is 0.600. The van der Waals surface area contributed by atoms with Crippen molar-refractivity contribution in [2.45, 2.75) is 25.5 Å². The quantitative estimate of drug-likeness (QED) is 0.658. The van der Waals surface area contributed by atoms with Crippen molar-refractivity contribution in [3.05, 3.63) is 35.4 Å². The van der Waals surface area contributed by atoms with Gasteiger partial charge in [0.15, 0.2) is 0 Å². The Kier molecular flexibility index (Phi) is 9.00. The third kappa shape index (κ3) is 7.75. The SMILES string of the molecule is COCCNCCCCSCc1cccc(C)c1. The average molecular weight is 267 g/mol. The van der Waals surface area contributed by atoms with Crippen LogP contribution < -0.4 is 5.32 Å². The average Bonchev–Trinajstić information content (AvgIpc) is 2.37. The third-order valence-corrected chi connectivity index (χ3v) is 3.84. The largest absolute Gasteiger partial charge is 0.383 e. The normalized spacial score (nSPS) is 10.8. The lowest BCUT2D eigenvalue weighted by Gasteiger charge is -2.05. The fourth-order valence-corrected chi connectivity index (χ4v) is 2.71. The smallest absolute Gasteiger partial charge is 0.0587 e. The van der Waals surface area contributed by atoms with Crippen molar-refractivity contribution in [1.82, 2.24) is 5.32 Å². The number of hydrogen-bond acceptors (Lipinski definition) is 3. The lowest BCUT2D eigenvalue weighted by molar-refractivity contribution is 0.199. The van der Waals surface area contributed by atoms with Gasteiger partial charge in [-0.25, -0.2) is 0 Å². The number of unbranched alkanes of at least 4 members (excludes halogenated alkanes) is 1. The number of nitrogens with one attached hydrogen (secondary N) is 1. The number of methoxy groups -OCH3 is 1. The van der Waals surface area contributed by atoms with Crippen molar-refractivity contribution in [3.8, 4) is 0 Å². The van der Waals surface area contributed by atoms with Crippen LogP contribution in [-0.2, 0) is 10.5 Å². The third-order valence-electron chi connectivity index (χ3n) is 2.73. The standard InChI is InChI=1S/C15H25NOS/c1-14-6-5-7-15(12-14)13-18-11-4-3-8-16-9-10-17-2/h5-7,12,16H,3-4,8-11,13H2,1-2H3. The summed E-state index contributed by atoms with van der Waals surface area (Å²) in [4.78, 5) is 0. The van der Waals surface area contributed by atoms with Gasteiger partial charge in [-0.3, -0.25) is 0 Å². The maximum atomic E-state index is 4.98. The highest BCUT2D eigenvalue weighted by molar-refractivity contribution is 7.98. The van der Waals surface area contributed by atoms with Crippen molar-refractivity contribution in [2.24, 2.45) is 0 Å². The molecule has 0 fully saturated rings. The van der Waals surface area contributed by atoms with Gasteiger partial charge in [-0.05, 0) is 37.6 Å². The molecule has 0 radical (unpaired) electrons. The molecular formula is C15H25NOS. The van der Waals surface area contributed by atoms with Crippen LogP contribution >= 0.6 is 11.8 Å². The van der Waals surface area contributed by atoms with E-state index in [9.17, 15) is 0 Å². The number of hydrogen-bond donors (Lipinski definition) is 1. The molecule has 0 aliphatic rings. The zero-order chi connectivity index (χ0) is 13.1. The summed E-state index contributed by atoms with van der Waals surface area (Å²) < 4.78 is 4.98. The van der Waals surface area contributed by atoms with Crippen molar-refractivity contribution >= 4 is 11.8 Å². The molecule has 0 saturated heterocycles. The molecule has 18 heavy (non-hydrogen) atoms. The summed E-state index contributed by atoms with van der Waals surface area (Å²) >= 11 is 2.03. The Hall–Kier alpha value is -0.510. The van der Waals surface area contributed by atoms with Crippen molar-refractivity contribution in [1.29, 1.82) is 0 Å². The van der Waals surface area contributed by atoms with Crippen LogP contribution in [0.25, 0.3) is 0 Å². The van der Waals surface area contributed by atoms with Gasteiger partial charge in [-0.2, -0.15) is 11.8 Å². The highest BCUT2D eigenvalue weighted by Crippen LogP contribution is 2.14. The van der Waals surface area contributed by atoms with E-state index in [4.69, 9.17) is 4.74 Å². The molecule has 1 aromatic rings. The lowest BCUT2D eigenvalue weighted by atomic mass is 10.2. The first-order valence-corrected chi connectivity index (χ1v) is 7.81. The maximum Gasteiger partial charge on any atom is 0.0587 e. The summed E-state index contributed by atoms with van der Waals surface area (Å²) in [5.74, 6) is 2.39. The molecule has 1 aromatic carbocycles. The predicted octanol–water partition coefficient (Wildman–Crippen LogP) is 3.24. The molecule has 0 aliphatic heterocycles. The minimum absolute atomic E-state index is 0.808. The van der Waals surface area contributed by atoms with E-state index < -0.39 is 0 Å². The van der Waals surface area contributed by atoms with Gasteiger partial charge in [-0.1, -0.05) is 29.8 Å². The Labute approximate surface area is 116 Å². The zero-order valence-electron chi connectivity index (χ0n) is 11.6. The summed E-state index contributed by atoms with van der Waals surface area (Å²) in [5, 5.41) is 3.37. The minimum Gasteiger partial charge on any atom is -0.383 e. The summed E-state index contributed by atoms with van der Waals surface area (Å²) in [6, 6.07) is 8.79. The summed E-state index contributed by atoms with van der Waals surface area (Å²) in [7, 11) is 1.74. The molecule has 3 heteroatoms. The number of thioether (sulfide) groups is 1. The maximum absolute atomic E-state index is 4.98. The lowest BCUT2D eigenvalue weighted by Crippen LogP contribution is -2.20. The van der Waals surface area contributed by atoms with Crippen molar-refractivity contribution in [3.63, 3.8) is 0 Å². The van der Waals surface area contributed by atoms with Gasteiger partial charge in [0, 0.05) is 19.4 Å². The Morgan fingerprint density at radius 3 is 2.89 bits per heavy atom. The van der Waals surface area contributed by atoms with Gasteiger partial charge < -0.3 is 10.1 Å². The van der Waals surface area contributed by atoms with E-state index in [0.717, 1.165) is 25.4 Å². The van der Waals surface area contributed by atoms with Crippen molar-refractivity contribution < 1.29 is 4.74 Å². The highest BCUT2D eigenvalue weighted by atomic mass is 32.2. The van der Waals surface area contributed by atoms with Crippen LogP contribution in [0.5, 0.6) is 0 Å². The molecule has 102 valence electrons. The summed E-state index contributed by atoms with van der Waals surface area (Å²) in [6.45, 7) is 5.03. The molecule has 2 nitrogen and oxygen atoms in total. The number of rotatable bonds is 10. The number of aryl methyl sites for hydroxylation is 1. The Bertz CT molecular complexity index is 317. The number of ether oxygens (including phenoxy) is 1. The van der Waals surface area contributed by atoms with E-state index >= 15 is 0 Å². The molecule has 0 bridgehead atoms. The fourth-order valence-electron chi connectivity index (χ4n) is 1.75. The van der Waals surface area contributed by atoms with Crippen LogP contribution in [0.2, 0.25) is 0 Å². The molecule has 0 amide bonds. The first kappa shape index (κ1) is 15.5. The summed E-state index contributed by atoms with van der Waals surface area (Å²) in [5.41, 5.74) is 2.80. The van der Waals surface area contributed by atoms with Crippen LogP contribution in [0.1, 0.15) is 24.0 Å². The van der Waals surface area contributed by atoms with E-state index in [1.165, 1.54) is 29.7 Å². The highest BCUT2D eigenvalue weighted by Gasteiger charge is 1.95. The molecule has 0 aromatic heterocycles. The Morgan fingerprint density at radius 2 is 2.11 bits per heavy atom. The zero-order valence-corrected chi connectivity index (χ0v) is 12.4. The van der Waals surface area contributed by atoms with Gasteiger partial charge in [0.25, 0.3) is 0 Å². The molecule has 1 N–H and O–H groups in total. The van der Waals surface area contributed by atoms with Crippen LogP contribution in [0, 0.1) is 6.92 Å². The molecule has 0 heterocycles. The van der Waals surface area contributed by atoms with E-state index in [-0.39, 0.29) is 0 Å². The molecule has 0 saturated carbocycles. The van der Waals surface area contributed by atoms with Crippen LogP contribution in [0.3, 0.4) is 0 Å². The van der Waals surface area contributed by atoms with Gasteiger partial charge in [0.2, 0.25) is 0 Å². The van der Waals surface area contributed by atoms with Gasteiger partial charge in [-0.15, -0.1) is 0 Å². The van der Waals surface area contributed by atoms with Crippen LogP contribution in [-0.4, -0.2) is 32.6 Å². The van der Waals surface area contributed by atoms with Crippen LogP contribution in [0.4, 0.5) is 0 Å². The second-order valence-corrected chi connectivity index (χ2v) is 5.60. The van der Waals surface area contributed by atoms with Crippen LogP contribution in [0.15, 0.2) is 24.3 Å². The second-order valence-electron chi connectivity index (χ2n) is 4.49. The molecule has 0 spiro atoms. The molecular weight excluding hydrogens is 242 g/mol. The molecule has 1 rings (SSSR count). The first-order valence-electron chi connectivity index (χ1n) is 6.66. The van der Waals surface area contributed by atoms with Gasteiger partial charge >= 0.3 is 0 Å². The predicted molar refractivity (Wildman–Crippen MR) is 81.3 cm³/mol. The first-order chi connectivity index (χ1) is 8.83. The number of benzene rings is 1. The summed E-state index contributed by atoms with van der Waals surface area (Å²) in [6.07, 6.45) is 2.54. The molecule has 0 aliphatic carbocycles. The van der Waals surface area contributed by atoms with Gasteiger partial charge in [0.05, 0.1) is 6.61 Å². The minimum atomic E-state index is 0.808. The van der Waals surface area contributed by atoms with E-state index in [1.807, 2.05) is 11.8 Å².